The van der Waals surface area contributed by atoms with Crippen LogP contribution in [0.3, 0.4) is 0 Å². The number of thiophene rings is 1. The normalized spacial score (nSPS) is 11.9. The van der Waals surface area contributed by atoms with Gasteiger partial charge in [-0.25, -0.2) is 8.42 Å². The Morgan fingerprint density at radius 2 is 2.20 bits per heavy atom. The lowest BCUT2D eigenvalue weighted by molar-refractivity contribution is 0.462. The van der Waals surface area contributed by atoms with Crippen LogP contribution >= 0.6 is 11.3 Å². The average Bonchev–Trinajstić information content (AvgIpc) is 2.89. The molecule has 0 saturated carbocycles. The summed E-state index contributed by atoms with van der Waals surface area (Å²) in [6.45, 7) is 0.935. The molecule has 20 heavy (non-hydrogen) atoms. The molecular weight excluding hydrogens is 294 g/mol. The molecule has 108 valence electrons. The van der Waals surface area contributed by atoms with Crippen molar-refractivity contribution in [1.82, 2.24) is 14.6 Å². The van der Waals surface area contributed by atoms with Crippen LogP contribution in [-0.4, -0.2) is 31.8 Å². The fourth-order valence-electron chi connectivity index (χ4n) is 1.75. The molecule has 0 bridgehead atoms. The first kappa shape index (κ1) is 15.1. The summed E-state index contributed by atoms with van der Waals surface area (Å²) in [5.41, 5.74) is 0.726. The number of nitrogens with one attached hydrogen (secondary N) is 1. The van der Waals surface area contributed by atoms with Crippen molar-refractivity contribution >= 4 is 21.4 Å². The highest BCUT2D eigenvalue weighted by Crippen LogP contribution is 2.22. The highest BCUT2D eigenvalue weighted by molar-refractivity contribution is 7.89. The molecule has 0 fully saturated rings. The maximum absolute atomic E-state index is 12.4. The van der Waals surface area contributed by atoms with E-state index < -0.39 is 10.0 Å². The Morgan fingerprint density at radius 3 is 2.85 bits per heavy atom. The van der Waals surface area contributed by atoms with E-state index in [-0.39, 0.29) is 6.54 Å². The van der Waals surface area contributed by atoms with Crippen LogP contribution in [0.25, 0.3) is 0 Å². The van der Waals surface area contributed by atoms with E-state index in [1.54, 1.807) is 30.8 Å². The molecule has 0 aromatic carbocycles. The number of sulfonamides is 1. The largest absolute Gasteiger partial charge is 0.315 e. The van der Waals surface area contributed by atoms with Gasteiger partial charge >= 0.3 is 0 Å². The second-order valence-corrected chi connectivity index (χ2v) is 7.40. The molecule has 0 aliphatic carbocycles. The lowest BCUT2D eigenvalue weighted by Crippen LogP contribution is -2.26. The zero-order valence-corrected chi connectivity index (χ0v) is 13.0. The van der Waals surface area contributed by atoms with Crippen LogP contribution < -0.4 is 5.32 Å². The molecule has 5 nitrogen and oxygen atoms in total. The first-order chi connectivity index (χ1) is 9.54. The van der Waals surface area contributed by atoms with E-state index in [1.165, 1.54) is 15.6 Å². The highest BCUT2D eigenvalue weighted by atomic mass is 32.2. The van der Waals surface area contributed by atoms with E-state index in [2.05, 4.69) is 10.3 Å². The van der Waals surface area contributed by atoms with Crippen molar-refractivity contribution in [2.24, 2.45) is 0 Å². The predicted octanol–water partition coefficient (Wildman–Crippen LogP) is 1.68. The SMILES string of the molecule is CNCc1cc(S(=O)(=O)N(C)Cc2ccccn2)cs1. The minimum atomic E-state index is -3.46. The van der Waals surface area contributed by atoms with Crippen LogP contribution in [0, 0.1) is 0 Å². The molecule has 2 rings (SSSR count). The molecule has 0 spiro atoms. The molecule has 0 aliphatic heterocycles. The van der Waals surface area contributed by atoms with Crippen LogP contribution in [-0.2, 0) is 23.1 Å². The Hall–Kier alpha value is -1.28. The number of rotatable bonds is 6. The Kier molecular flexibility index (Phi) is 4.87. The minimum Gasteiger partial charge on any atom is -0.315 e. The number of pyridine rings is 1. The van der Waals surface area contributed by atoms with Gasteiger partial charge < -0.3 is 5.32 Å². The number of hydrogen-bond acceptors (Lipinski definition) is 5. The van der Waals surface area contributed by atoms with E-state index in [0.29, 0.717) is 11.4 Å². The molecule has 2 aromatic heterocycles. The third kappa shape index (κ3) is 3.43. The lowest BCUT2D eigenvalue weighted by Gasteiger charge is -2.15. The first-order valence-corrected chi connectivity index (χ1v) is 8.44. The van der Waals surface area contributed by atoms with Crippen LogP contribution in [0.1, 0.15) is 10.6 Å². The number of nitrogens with zero attached hydrogens (tertiary/aromatic N) is 2. The van der Waals surface area contributed by atoms with Crippen molar-refractivity contribution < 1.29 is 8.42 Å². The highest BCUT2D eigenvalue weighted by Gasteiger charge is 2.22. The van der Waals surface area contributed by atoms with Gasteiger partial charge in [0.25, 0.3) is 0 Å². The van der Waals surface area contributed by atoms with Gasteiger partial charge in [-0.3, -0.25) is 4.98 Å². The van der Waals surface area contributed by atoms with Gasteiger partial charge in [0.05, 0.1) is 17.1 Å². The van der Waals surface area contributed by atoms with Gasteiger partial charge in [-0.2, -0.15) is 4.31 Å². The molecule has 2 heterocycles. The molecule has 1 N–H and O–H groups in total. The van der Waals surface area contributed by atoms with E-state index >= 15 is 0 Å². The van der Waals surface area contributed by atoms with Crippen LogP contribution in [0.4, 0.5) is 0 Å². The van der Waals surface area contributed by atoms with E-state index in [1.807, 2.05) is 19.2 Å². The summed E-state index contributed by atoms with van der Waals surface area (Å²) < 4.78 is 26.2. The molecule has 0 atom stereocenters. The topological polar surface area (TPSA) is 62.3 Å². The molecular formula is C13H17N3O2S2. The Balaban J connectivity index is 2.16. The third-order valence-corrected chi connectivity index (χ3v) is 5.67. The summed E-state index contributed by atoms with van der Waals surface area (Å²) in [7, 11) is -0.0554. The Labute approximate surface area is 123 Å². The summed E-state index contributed by atoms with van der Waals surface area (Å²) in [5.74, 6) is 0. The van der Waals surface area contributed by atoms with Crippen LogP contribution in [0.5, 0.6) is 0 Å². The summed E-state index contributed by atoms with van der Waals surface area (Å²) in [6, 6.07) is 7.18. The zero-order valence-electron chi connectivity index (χ0n) is 11.4. The number of hydrogen-bond donors (Lipinski definition) is 1. The summed E-state index contributed by atoms with van der Waals surface area (Å²) >= 11 is 1.44. The average molecular weight is 311 g/mol. The summed E-state index contributed by atoms with van der Waals surface area (Å²) in [4.78, 5) is 5.48. The van der Waals surface area contributed by atoms with Crippen LogP contribution in [0.15, 0.2) is 40.7 Å². The van der Waals surface area contributed by atoms with Crippen molar-refractivity contribution in [2.75, 3.05) is 14.1 Å². The predicted molar refractivity (Wildman–Crippen MR) is 80.0 cm³/mol. The first-order valence-electron chi connectivity index (χ1n) is 6.12. The van der Waals surface area contributed by atoms with E-state index in [4.69, 9.17) is 0 Å². The molecule has 0 radical (unpaired) electrons. The maximum Gasteiger partial charge on any atom is 0.244 e. The second kappa shape index (κ2) is 6.45. The Bertz CT molecular complexity index is 653. The van der Waals surface area contributed by atoms with E-state index in [9.17, 15) is 8.42 Å². The van der Waals surface area contributed by atoms with E-state index in [0.717, 1.165) is 10.6 Å². The van der Waals surface area contributed by atoms with Gasteiger partial charge in [0.2, 0.25) is 10.0 Å². The maximum atomic E-state index is 12.4. The van der Waals surface area contributed by atoms with Gasteiger partial charge in [0.15, 0.2) is 0 Å². The zero-order chi connectivity index (χ0) is 14.6. The Morgan fingerprint density at radius 1 is 1.40 bits per heavy atom. The van der Waals surface area contributed by atoms with Crippen LogP contribution in [0.2, 0.25) is 0 Å². The molecule has 0 saturated heterocycles. The monoisotopic (exact) mass is 311 g/mol. The van der Waals surface area contributed by atoms with Gasteiger partial charge in [-0.05, 0) is 25.2 Å². The van der Waals surface area contributed by atoms with Gasteiger partial charge in [0, 0.05) is 30.0 Å². The van der Waals surface area contributed by atoms with Crippen molar-refractivity contribution in [3.8, 4) is 0 Å². The quantitative estimate of drug-likeness (QED) is 0.882. The number of aromatic nitrogens is 1. The molecule has 0 unspecified atom stereocenters. The van der Waals surface area contributed by atoms with Gasteiger partial charge in [-0.1, -0.05) is 6.07 Å². The molecule has 2 aromatic rings. The minimum absolute atomic E-state index is 0.264. The second-order valence-electron chi connectivity index (χ2n) is 4.36. The molecule has 0 amide bonds. The molecule has 7 heteroatoms. The van der Waals surface area contributed by atoms with Gasteiger partial charge in [0.1, 0.15) is 0 Å². The molecule has 0 aliphatic rings. The van der Waals surface area contributed by atoms with Crippen molar-refractivity contribution in [3.63, 3.8) is 0 Å². The fourth-order valence-corrected chi connectivity index (χ4v) is 4.16. The summed E-state index contributed by atoms with van der Waals surface area (Å²) in [6.07, 6.45) is 1.66. The van der Waals surface area contributed by atoms with Crippen molar-refractivity contribution in [2.45, 2.75) is 18.0 Å². The van der Waals surface area contributed by atoms with Gasteiger partial charge in [-0.15, -0.1) is 11.3 Å². The van der Waals surface area contributed by atoms with Crippen molar-refractivity contribution in [1.29, 1.82) is 0 Å². The third-order valence-electron chi connectivity index (χ3n) is 2.80. The lowest BCUT2D eigenvalue weighted by atomic mass is 10.3. The summed E-state index contributed by atoms with van der Waals surface area (Å²) in [5, 5.41) is 4.69. The fraction of sp³-hybridized carbons (Fsp3) is 0.308. The van der Waals surface area contributed by atoms with Crippen molar-refractivity contribution in [3.05, 3.63) is 46.4 Å². The standard InChI is InChI=1S/C13H17N3O2S2/c1-14-8-12-7-13(10-19-12)20(17,18)16(2)9-11-5-3-4-6-15-11/h3-7,10,14H,8-9H2,1-2H3. The smallest absolute Gasteiger partial charge is 0.244 e.